The second-order valence-electron chi connectivity index (χ2n) is 7.19. The minimum absolute atomic E-state index is 0.00137. The van der Waals surface area contributed by atoms with Crippen molar-refractivity contribution >= 4 is 16.9 Å². The molecule has 0 saturated heterocycles. The number of carbonyl (C=O) groups is 1. The van der Waals surface area contributed by atoms with Crippen LogP contribution in [-0.2, 0) is 16.0 Å². The van der Waals surface area contributed by atoms with Crippen molar-refractivity contribution in [2.75, 3.05) is 13.2 Å². The van der Waals surface area contributed by atoms with Crippen LogP contribution in [0.2, 0.25) is 0 Å². The highest BCUT2D eigenvalue weighted by Gasteiger charge is 2.62. The first-order chi connectivity index (χ1) is 11.8. The summed E-state index contributed by atoms with van der Waals surface area (Å²) in [6, 6.07) is 4.41. The van der Waals surface area contributed by atoms with Gasteiger partial charge in [-0.15, -0.1) is 0 Å². The monoisotopic (exact) mass is 348 g/mol. The van der Waals surface area contributed by atoms with Crippen molar-refractivity contribution in [3.05, 3.63) is 29.8 Å². The van der Waals surface area contributed by atoms with Crippen LogP contribution in [0, 0.1) is 11.2 Å². The minimum Gasteiger partial charge on any atom is -0.378 e. The highest BCUT2D eigenvalue weighted by molar-refractivity contribution is 5.88. The van der Waals surface area contributed by atoms with Crippen molar-refractivity contribution in [2.24, 2.45) is 11.1 Å². The second-order valence-corrected chi connectivity index (χ2v) is 7.19. The topological polar surface area (TPSA) is 93.0 Å². The lowest BCUT2D eigenvalue weighted by Crippen LogP contribution is -2.75. The van der Waals surface area contributed by atoms with E-state index in [-0.39, 0.29) is 17.8 Å². The number of fused-ring (bicyclic) bond motifs is 1. The number of halogens is 1. The van der Waals surface area contributed by atoms with Gasteiger partial charge in [0, 0.05) is 31.4 Å². The van der Waals surface area contributed by atoms with Gasteiger partial charge in [0.2, 0.25) is 5.91 Å². The number of rotatable bonds is 6. The van der Waals surface area contributed by atoms with Crippen LogP contribution >= 0.6 is 0 Å². The van der Waals surface area contributed by atoms with E-state index < -0.39 is 11.0 Å². The third kappa shape index (κ3) is 3.02. The molecule has 2 atom stereocenters. The van der Waals surface area contributed by atoms with Gasteiger partial charge in [-0.1, -0.05) is 13.8 Å². The highest BCUT2D eigenvalue weighted by Crippen LogP contribution is 2.49. The average molecular weight is 348 g/mol. The Kier molecular flexibility index (Phi) is 4.55. The maximum atomic E-state index is 13.2. The highest BCUT2D eigenvalue weighted by atomic mass is 19.1. The van der Waals surface area contributed by atoms with Crippen molar-refractivity contribution < 1.29 is 13.9 Å². The smallest absolute Gasteiger partial charge is 0.240 e. The van der Waals surface area contributed by atoms with Crippen LogP contribution in [0.5, 0.6) is 0 Å². The molecule has 0 aliphatic heterocycles. The number of nitrogens with zero attached hydrogens (tertiary/aromatic N) is 1. The second kappa shape index (κ2) is 6.38. The molecule has 1 fully saturated rings. The molecule has 1 aliphatic carbocycles. The van der Waals surface area contributed by atoms with E-state index in [4.69, 9.17) is 10.5 Å². The van der Waals surface area contributed by atoms with Crippen molar-refractivity contribution in [3.8, 4) is 0 Å². The van der Waals surface area contributed by atoms with Crippen LogP contribution in [0.1, 0.15) is 33.0 Å². The molecule has 25 heavy (non-hydrogen) atoms. The lowest BCUT2D eigenvalue weighted by Gasteiger charge is -2.57. The summed E-state index contributed by atoms with van der Waals surface area (Å²) in [5.41, 5.74) is 6.36. The molecule has 4 N–H and O–H groups in total. The van der Waals surface area contributed by atoms with Gasteiger partial charge >= 0.3 is 0 Å². The van der Waals surface area contributed by atoms with Crippen molar-refractivity contribution in [3.63, 3.8) is 0 Å². The van der Waals surface area contributed by atoms with Gasteiger partial charge in [0.1, 0.15) is 17.2 Å². The Bertz CT molecular complexity index is 788. The van der Waals surface area contributed by atoms with Gasteiger partial charge in [-0.3, -0.25) is 4.79 Å². The van der Waals surface area contributed by atoms with E-state index in [1.807, 2.05) is 20.8 Å². The maximum Gasteiger partial charge on any atom is 0.240 e. The van der Waals surface area contributed by atoms with Crippen molar-refractivity contribution in [1.29, 1.82) is 0 Å². The molecule has 1 aromatic carbocycles. The number of ether oxygens (including phenoxy) is 1. The van der Waals surface area contributed by atoms with E-state index in [0.717, 1.165) is 0 Å². The molecule has 0 spiro atoms. The van der Waals surface area contributed by atoms with E-state index in [9.17, 15) is 9.18 Å². The lowest BCUT2D eigenvalue weighted by atomic mass is 9.54. The van der Waals surface area contributed by atoms with Crippen LogP contribution in [0.15, 0.2) is 18.2 Å². The summed E-state index contributed by atoms with van der Waals surface area (Å²) in [4.78, 5) is 20.0. The van der Waals surface area contributed by atoms with E-state index >= 15 is 0 Å². The third-order valence-electron chi connectivity index (χ3n) is 5.38. The molecule has 3 rings (SSSR count). The van der Waals surface area contributed by atoms with E-state index in [2.05, 4.69) is 15.3 Å². The summed E-state index contributed by atoms with van der Waals surface area (Å²) in [5.74, 6) is 0.222. The summed E-state index contributed by atoms with van der Waals surface area (Å²) in [5, 5.41) is 2.89. The molecule has 6 nitrogen and oxygen atoms in total. The molecule has 1 heterocycles. The first-order valence-corrected chi connectivity index (χ1v) is 8.61. The standard InChI is InChI=1S/C18H25FN4O2/c1-4-25-14-10-18(20,17(14,2)3)16(24)21-8-7-15-22-12-6-5-11(19)9-13(12)23-15/h5-6,9,14H,4,7-8,10,20H2,1-3H3,(H,21,24)(H,22,23). The number of nitrogens with one attached hydrogen (secondary N) is 2. The largest absolute Gasteiger partial charge is 0.378 e. The maximum absolute atomic E-state index is 13.2. The minimum atomic E-state index is -0.927. The quantitative estimate of drug-likeness (QED) is 0.743. The van der Waals surface area contributed by atoms with Gasteiger partial charge in [-0.2, -0.15) is 0 Å². The number of aromatic amines is 1. The molecular weight excluding hydrogens is 323 g/mol. The van der Waals surface area contributed by atoms with Gasteiger partial charge in [-0.25, -0.2) is 9.37 Å². The molecule has 1 aliphatic rings. The average Bonchev–Trinajstić information content (AvgIpc) is 2.96. The van der Waals surface area contributed by atoms with Crippen molar-refractivity contribution in [2.45, 2.75) is 45.3 Å². The van der Waals surface area contributed by atoms with Gasteiger partial charge in [0.15, 0.2) is 0 Å². The predicted molar refractivity (Wildman–Crippen MR) is 93.5 cm³/mol. The van der Waals surface area contributed by atoms with Crippen LogP contribution < -0.4 is 11.1 Å². The zero-order valence-electron chi connectivity index (χ0n) is 14.9. The van der Waals surface area contributed by atoms with Crippen molar-refractivity contribution in [1.82, 2.24) is 15.3 Å². The summed E-state index contributed by atoms with van der Waals surface area (Å²) in [6.45, 7) is 6.88. The zero-order valence-corrected chi connectivity index (χ0v) is 14.9. The molecule has 0 radical (unpaired) electrons. The van der Waals surface area contributed by atoms with Crippen LogP contribution in [0.25, 0.3) is 11.0 Å². The fraction of sp³-hybridized carbons (Fsp3) is 0.556. The summed E-state index contributed by atoms with van der Waals surface area (Å²) >= 11 is 0. The Morgan fingerprint density at radius 2 is 2.28 bits per heavy atom. The summed E-state index contributed by atoms with van der Waals surface area (Å²) in [7, 11) is 0. The van der Waals surface area contributed by atoms with Crippen LogP contribution in [0.4, 0.5) is 4.39 Å². The Morgan fingerprint density at radius 3 is 2.96 bits per heavy atom. The summed E-state index contributed by atoms with van der Waals surface area (Å²) < 4.78 is 18.9. The molecule has 1 aromatic heterocycles. The van der Waals surface area contributed by atoms with Crippen LogP contribution in [0.3, 0.4) is 0 Å². The normalized spacial score (nSPS) is 24.9. The molecule has 2 aromatic rings. The molecule has 0 bridgehead atoms. The van der Waals surface area contributed by atoms with E-state index in [1.165, 1.54) is 12.1 Å². The SMILES string of the molecule is CCOC1CC(N)(C(=O)NCCc2nc3ccc(F)cc3[nH]2)C1(C)C. The lowest BCUT2D eigenvalue weighted by molar-refractivity contribution is -0.170. The Labute approximate surface area is 146 Å². The molecule has 1 amide bonds. The predicted octanol–water partition coefficient (Wildman–Crippen LogP) is 1.89. The number of H-pyrrole nitrogens is 1. The Hall–Kier alpha value is -1.99. The van der Waals surface area contributed by atoms with Gasteiger partial charge in [-0.05, 0) is 25.1 Å². The molecular formula is C18H25FN4O2. The number of carbonyl (C=O) groups excluding carboxylic acids is 1. The number of nitrogens with two attached hydrogens (primary N) is 1. The molecule has 136 valence electrons. The molecule has 1 saturated carbocycles. The first-order valence-electron chi connectivity index (χ1n) is 8.61. The molecule has 7 heteroatoms. The van der Waals surface area contributed by atoms with Crippen LogP contribution in [-0.4, -0.2) is 40.7 Å². The Morgan fingerprint density at radius 1 is 1.52 bits per heavy atom. The number of imidazole rings is 1. The molecule has 2 unspecified atom stereocenters. The third-order valence-corrected chi connectivity index (χ3v) is 5.38. The number of amides is 1. The fourth-order valence-electron chi connectivity index (χ4n) is 3.43. The number of aromatic nitrogens is 2. The Balaban J connectivity index is 1.57. The summed E-state index contributed by atoms with van der Waals surface area (Å²) in [6.07, 6.45) is 1.04. The fourth-order valence-corrected chi connectivity index (χ4v) is 3.43. The van der Waals surface area contributed by atoms with E-state index in [1.54, 1.807) is 6.07 Å². The zero-order chi connectivity index (χ0) is 18.2. The first kappa shape index (κ1) is 17.8. The van der Waals surface area contributed by atoms with Gasteiger partial charge < -0.3 is 20.8 Å². The number of hydrogen-bond acceptors (Lipinski definition) is 4. The number of benzene rings is 1. The van der Waals surface area contributed by atoms with E-state index in [0.29, 0.717) is 42.9 Å². The van der Waals surface area contributed by atoms with Gasteiger partial charge in [0.05, 0.1) is 17.1 Å². The van der Waals surface area contributed by atoms with Gasteiger partial charge in [0.25, 0.3) is 0 Å². The number of hydrogen-bond donors (Lipinski definition) is 3.